The lowest BCUT2D eigenvalue weighted by atomic mass is 9.78. The number of carbonyl (C=O) groups excluding carboxylic acids is 3. The average Bonchev–Trinajstić information content (AvgIpc) is 3.64. The Hall–Kier alpha value is -2.32. The molecule has 5 aliphatic rings. The molecule has 1 aromatic heterocycles. The van der Waals surface area contributed by atoms with E-state index in [1.54, 1.807) is 16.4 Å². The monoisotopic (exact) mass is 506 g/mol. The highest BCUT2D eigenvalue weighted by atomic mass is 32.1. The lowest BCUT2D eigenvalue weighted by Gasteiger charge is -2.40. The van der Waals surface area contributed by atoms with E-state index in [9.17, 15) is 14.4 Å². The van der Waals surface area contributed by atoms with Crippen molar-refractivity contribution >= 4 is 45.0 Å². The number of hydrogen-bond donors (Lipinski definition) is 0. The second-order valence-corrected chi connectivity index (χ2v) is 12.5. The molecule has 5 fully saturated rings. The number of nitrogens with zero attached hydrogens (tertiary/aromatic N) is 4. The van der Waals surface area contributed by atoms with E-state index < -0.39 is 0 Å². The van der Waals surface area contributed by atoms with Crippen LogP contribution in [0.25, 0.3) is 10.1 Å². The van der Waals surface area contributed by atoms with E-state index in [0.29, 0.717) is 24.8 Å². The summed E-state index contributed by atoms with van der Waals surface area (Å²) in [6.45, 7) is 5.61. The number of benzene rings is 1. The molecular formula is C28H34N4O3S. The number of rotatable bonds is 5. The summed E-state index contributed by atoms with van der Waals surface area (Å²) in [6.07, 6.45) is 5.94. The second kappa shape index (κ2) is 8.91. The third-order valence-electron chi connectivity index (χ3n) is 9.87. The molecule has 2 saturated heterocycles. The highest BCUT2D eigenvalue weighted by Crippen LogP contribution is 2.54. The predicted molar refractivity (Wildman–Crippen MR) is 139 cm³/mol. The molecule has 36 heavy (non-hydrogen) atoms. The van der Waals surface area contributed by atoms with Crippen molar-refractivity contribution in [3.05, 3.63) is 24.3 Å². The number of likely N-dealkylation sites (tertiary alicyclic amines) is 1. The van der Waals surface area contributed by atoms with Crippen molar-refractivity contribution in [1.29, 1.82) is 0 Å². The first kappa shape index (κ1) is 22.8. The Morgan fingerprint density at radius 2 is 1.61 bits per heavy atom. The topological polar surface area (TPSA) is 73.8 Å². The van der Waals surface area contributed by atoms with Gasteiger partial charge in [0.05, 0.1) is 16.5 Å². The Morgan fingerprint density at radius 1 is 0.889 bits per heavy atom. The number of ketones is 1. The normalized spacial score (nSPS) is 34.8. The van der Waals surface area contributed by atoms with Crippen molar-refractivity contribution in [2.75, 3.05) is 44.2 Å². The predicted octanol–water partition coefficient (Wildman–Crippen LogP) is 3.43. The molecule has 3 saturated carbocycles. The molecule has 7 rings (SSSR count). The quantitative estimate of drug-likeness (QED) is 0.579. The van der Waals surface area contributed by atoms with Crippen LogP contribution in [0.2, 0.25) is 0 Å². The fraction of sp³-hybridized carbons (Fsp3) is 0.643. The minimum atomic E-state index is -0.347. The molecule has 0 spiro atoms. The molecule has 2 aromatic rings. The standard InChI is InChI=1S/C28H34N4O3S/c33-22-14-19-13-21(22)25-24(19)27(34)32(28(25)35)16-18-6-2-1-5-17(18)15-30-9-11-31(12-10-30)26-20-7-3-4-8-23(20)36-29-26/h3-4,7-8,17-19,21,24-25H,1-2,5-6,9-16H2/t17-,18-,19-,21+,24+,25-/m0/s1. The molecule has 0 N–H and O–H groups in total. The molecule has 190 valence electrons. The number of hydrogen-bond acceptors (Lipinski definition) is 7. The van der Waals surface area contributed by atoms with Gasteiger partial charge in [0.2, 0.25) is 11.8 Å². The van der Waals surface area contributed by atoms with Crippen LogP contribution in [0.1, 0.15) is 38.5 Å². The van der Waals surface area contributed by atoms with Crippen molar-refractivity contribution in [2.24, 2.45) is 35.5 Å². The number of amides is 2. The fourth-order valence-corrected chi connectivity index (χ4v) is 8.81. The van der Waals surface area contributed by atoms with Crippen LogP contribution < -0.4 is 4.90 Å². The number of fused-ring (bicyclic) bond motifs is 6. The third kappa shape index (κ3) is 3.63. The van der Waals surface area contributed by atoms with Gasteiger partial charge < -0.3 is 4.90 Å². The molecule has 3 aliphatic carbocycles. The van der Waals surface area contributed by atoms with Crippen LogP contribution in [0.4, 0.5) is 5.82 Å². The van der Waals surface area contributed by atoms with Gasteiger partial charge in [-0.1, -0.05) is 25.0 Å². The number of aromatic nitrogens is 1. The van der Waals surface area contributed by atoms with Gasteiger partial charge in [0.1, 0.15) is 11.6 Å². The minimum absolute atomic E-state index is 0.0263. The van der Waals surface area contributed by atoms with Crippen LogP contribution in [0, 0.1) is 35.5 Å². The van der Waals surface area contributed by atoms with Gasteiger partial charge in [0.15, 0.2) is 0 Å². The van der Waals surface area contributed by atoms with E-state index in [1.807, 2.05) is 0 Å². The highest BCUT2D eigenvalue weighted by Gasteiger charge is 2.64. The van der Waals surface area contributed by atoms with Crippen molar-refractivity contribution in [2.45, 2.75) is 38.5 Å². The van der Waals surface area contributed by atoms with Gasteiger partial charge in [-0.25, -0.2) is 0 Å². The van der Waals surface area contributed by atoms with E-state index in [-0.39, 0.29) is 41.3 Å². The maximum Gasteiger partial charge on any atom is 0.233 e. The van der Waals surface area contributed by atoms with Gasteiger partial charge in [-0.3, -0.25) is 24.2 Å². The van der Waals surface area contributed by atoms with Gasteiger partial charge in [-0.05, 0) is 60.7 Å². The Bertz CT molecular complexity index is 1200. The molecule has 8 heteroatoms. The molecule has 2 bridgehead atoms. The summed E-state index contributed by atoms with van der Waals surface area (Å²) in [4.78, 5) is 45.4. The molecule has 2 amide bonds. The Labute approximate surface area is 216 Å². The number of Topliss-reactive ketones (excluding diaryl/α,β-unsaturated/α-hetero) is 1. The summed E-state index contributed by atoms with van der Waals surface area (Å²) in [5, 5.41) is 1.25. The van der Waals surface area contributed by atoms with Gasteiger partial charge in [0.25, 0.3) is 0 Å². The molecule has 6 atom stereocenters. The zero-order valence-electron chi connectivity index (χ0n) is 20.7. The van der Waals surface area contributed by atoms with E-state index >= 15 is 0 Å². The number of imide groups is 1. The minimum Gasteiger partial charge on any atom is -0.353 e. The van der Waals surface area contributed by atoms with Crippen LogP contribution in [0.3, 0.4) is 0 Å². The number of anilines is 1. The summed E-state index contributed by atoms with van der Waals surface area (Å²) in [6, 6.07) is 8.47. The van der Waals surface area contributed by atoms with Crippen LogP contribution in [-0.2, 0) is 14.4 Å². The zero-order valence-corrected chi connectivity index (χ0v) is 21.5. The molecule has 0 radical (unpaired) electrons. The summed E-state index contributed by atoms with van der Waals surface area (Å²) < 4.78 is 5.99. The van der Waals surface area contributed by atoms with Crippen molar-refractivity contribution in [3.63, 3.8) is 0 Å². The lowest BCUT2D eigenvalue weighted by molar-refractivity contribution is -0.142. The van der Waals surface area contributed by atoms with Gasteiger partial charge in [-0.2, -0.15) is 4.37 Å². The molecular weight excluding hydrogens is 472 g/mol. The smallest absolute Gasteiger partial charge is 0.233 e. The Kier molecular flexibility index (Phi) is 5.65. The SMILES string of the molecule is O=C1C[C@@H]2C[C@H]1[C@@H]1C(=O)N(C[C@@H]3CCCC[C@H]3CN3CCN(c4nsc5ccccc45)CC3)C(=O)[C@H]21. The third-order valence-corrected chi connectivity index (χ3v) is 10.7. The molecule has 0 unspecified atom stereocenters. The van der Waals surface area contributed by atoms with Gasteiger partial charge in [-0.15, -0.1) is 0 Å². The van der Waals surface area contributed by atoms with E-state index in [4.69, 9.17) is 4.37 Å². The zero-order chi connectivity index (χ0) is 24.4. The number of carbonyl (C=O) groups is 3. The van der Waals surface area contributed by atoms with E-state index in [1.165, 1.54) is 29.3 Å². The summed E-state index contributed by atoms with van der Waals surface area (Å²) >= 11 is 1.58. The summed E-state index contributed by atoms with van der Waals surface area (Å²) in [5.74, 6) is 1.58. The first-order chi connectivity index (χ1) is 17.6. The Morgan fingerprint density at radius 3 is 2.42 bits per heavy atom. The molecule has 3 heterocycles. The van der Waals surface area contributed by atoms with Crippen LogP contribution in [-0.4, -0.2) is 71.0 Å². The van der Waals surface area contributed by atoms with Crippen molar-refractivity contribution < 1.29 is 14.4 Å². The first-order valence-corrected chi connectivity index (χ1v) is 14.6. The highest BCUT2D eigenvalue weighted by molar-refractivity contribution is 7.13. The Balaban J connectivity index is 0.990. The van der Waals surface area contributed by atoms with Gasteiger partial charge in [0, 0.05) is 57.0 Å². The lowest BCUT2D eigenvalue weighted by Crippen LogP contribution is -2.49. The second-order valence-electron chi connectivity index (χ2n) is 11.7. The molecule has 2 aliphatic heterocycles. The first-order valence-electron chi connectivity index (χ1n) is 13.8. The molecule has 7 nitrogen and oxygen atoms in total. The maximum absolute atomic E-state index is 13.3. The van der Waals surface area contributed by atoms with Crippen LogP contribution >= 0.6 is 11.5 Å². The summed E-state index contributed by atoms with van der Waals surface area (Å²) in [5.41, 5.74) is 0. The van der Waals surface area contributed by atoms with E-state index in [0.717, 1.165) is 51.4 Å². The fourth-order valence-electron chi connectivity index (χ4n) is 8.02. The largest absolute Gasteiger partial charge is 0.353 e. The molecule has 1 aromatic carbocycles. The van der Waals surface area contributed by atoms with Crippen molar-refractivity contribution in [3.8, 4) is 0 Å². The average molecular weight is 507 g/mol. The van der Waals surface area contributed by atoms with Gasteiger partial charge >= 0.3 is 0 Å². The summed E-state index contributed by atoms with van der Waals surface area (Å²) in [7, 11) is 0. The van der Waals surface area contributed by atoms with Crippen molar-refractivity contribution in [1.82, 2.24) is 14.2 Å². The maximum atomic E-state index is 13.3. The van der Waals surface area contributed by atoms with Crippen LogP contribution in [0.5, 0.6) is 0 Å². The van der Waals surface area contributed by atoms with Crippen LogP contribution in [0.15, 0.2) is 24.3 Å². The van der Waals surface area contributed by atoms with E-state index in [2.05, 4.69) is 34.1 Å². The number of piperazine rings is 1.